The van der Waals surface area contributed by atoms with Crippen molar-refractivity contribution in [2.45, 2.75) is 26.2 Å². The van der Waals surface area contributed by atoms with Gasteiger partial charge in [0.25, 0.3) is 0 Å². The van der Waals surface area contributed by atoms with Crippen molar-refractivity contribution in [1.29, 1.82) is 0 Å². The lowest BCUT2D eigenvalue weighted by Gasteiger charge is -2.09. The summed E-state index contributed by atoms with van der Waals surface area (Å²) in [5.41, 5.74) is 1.10. The Bertz CT molecular complexity index is 591. The number of halogens is 1. The Morgan fingerprint density at radius 2 is 1.95 bits per heavy atom. The van der Waals surface area contributed by atoms with Gasteiger partial charge in [-0.1, -0.05) is 65.3 Å². The molecule has 2 nitrogen and oxygen atoms in total. The summed E-state index contributed by atoms with van der Waals surface area (Å²) in [4.78, 5) is 12.0. The summed E-state index contributed by atoms with van der Waals surface area (Å²) in [6.07, 6.45) is 2.63. The number of rotatable bonds is 7. The van der Waals surface area contributed by atoms with Crippen molar-refractivity contribution in [3.63, 3.8) is 0 Å². The minimum absolute atomic E-state index is 0.109. The van der Waals surface area contributed by atoms with Crippen LogP contribution in [0.1, 0.15) is 25.3 Å². The van der Waals surface area contributed by atoms with Gasteiger partial charge in [0, 0.05) is 11.9 Å². The van der Waals surface area contributed by atoms with Crippen molar-refractivity contribution in [2.24, 2.45) is 5.92 Å². The Labute approximate surface area is 135 Å². The van der Waals surface area contributed by atoms with Gasteiger partial charge < -0.3 is 5.32 Å². The molecule has 112 valence electrons. The second kappa shape index (κ2) is 8.18. The van der Waals surface area contributed by atoms with Crippen LogP contribution in [0.25, 0.3) is 10.8 Å². The number of fused-ring (bicyclic) bond motifs is 1. The smallest absolute Gasteiger partial charge is 0.224 e. The second-order valence-electron chi connectivity index (χ2n) is 5.57. The molecule has 1 N–H and O–H groups in total. The maximum Gasteiger partial charge on any atom is 0.224 e. The first kappa shape index (κ1) is 16.0. The average molecular weight is 348 g/mol. The Balaban J connectivity index is 1.87. The molecule has 2 aromatic rings. The van der Waals surface area contributed by atoms with Crippen LogP contribution >= 0.6 is 15.9 Å². The number of nitrogens with one attached hydrogen (secondary N) is 1. The number of carbonyl (C=O) groups excluding carboxylic acids is 1. The van der Waals surface area contributed by atoms with E-state index in [2.05, 4.69) is 46.4 Å². The maximum atomic E-state index is 12.0. The van der Waals surface area contributed by atoms with Gasteiger partial charge in [-0.3, -0.25) is 4.79 Å². The van der Waals surface area contributed by atoms with Gasteiger partial charge in [-0.15, -0.1) is 0 Å². The fourth-order valence-corrected chi connectivity index (χ4v) is 2.76. The van der Waals surface area contributed by atoms with Crippen LogP contribution in [-0.4, -0.2) is 17.8 Å². The lowest BCUT2D eigenvalue weighted by atomic mass is 10.0. The van der Waals surface area contributed by atoms with Crippen LogP contribution in [0.4, 0.5) is 0 Å². The zero-order chi connectivity index (χ0) is 15.1. The van der Waals surface area contributed by atoms with E-state index in [1.54, 1.807) is 0 Å². The van der Waals surface area contributed by atoms with Gasteiger partial charge in [0.05, 0.1) is 6.42 Å². The van der Waals surface area contributed by atoms with Crippen LogP contribution in [0.15, 0.2) is 42.5 Å². The maximum absolute atomic E-state index is 12.0. The van der Waals surface area contributed by atoms with Crippen molar-refractivity contribution < 1.29 is 4.79 Å². The topological polar surface area (TPSA) is 29.1 Å². The third-order valence-electron chi connectivity index (χ3n) is 3.69. The number of carbonyl (C=O) groups is 1. The molecule has 0 aromatic heterocycles. The molecule has 1 unspecified atom stereocenters. The van der Waals surface area contributed by atoms with Crippen molar-refractivity contribution in [2.75, 3.05) is 11.9 Å². The largest absolute Gasteiger partial charge is 0.356 e. The highest BCUT2D eigenvalue weighted by molar-refractivity contribution is 9.09. The van der Waals surface area contributed by atoms with Crippen molar-refractivity contribution in [1.82, 2.24) is 5.32 Å². The molecule has 0 saturated carbocycles. The minimum atomic E-state index is 0.109. The lowest BCUT2D eigenvalue weighted by Crippen LogP contribution is -2.26. The molecule has 2 rings (SSSR count). The third-order valence-corrected chi connectivity index (χ3v) is 4.80. The first-order valence-corrected chi connectivity index (χ1v) is 8.62. The summed E-state index contributed by atoms with van der Waals surface area (Å²) in [5, 5.41) is 6.40. The predicted molar refractivity (Wildman–Crippen MR) is 92.9 cm³/mol. The van der Waals surface area contributed by atoms with Gasteiger partial charge in [-0.05, 0) is 35.1 Å². The molecule has 21 heavy (non-hydrogen) atoms. The molecule has 1 atom stereocenters. The van der Waals surface area contributed by atoms with E-state index in [1.165, 1.54) is 10.8 Å². The average Bonchev–Trinajstić information content (AvgIpc) is 2.51. The van der Waals surface area contributed by atoms with Gasteiger partial charge in [0.1, 0.15) is 0 Å². The molecule has 1 amide bonds. The summed E-state index contributed by atoms with van der Waals surface area (Å²) in [6, 6.07) is 14.3. The fourth-order valence-electron chi connectivity index (χ4n) is 2.44. The first-order chi connectivity index (χ1) is 10.2. The molecule has 0 aliphatic carbocycles. The van der Waals surface area contributed by atoms with Crippen molar-refractivity contribution in [3.05, 3.63) is 48.0 Å². The number of hydrogen-bond donors (Lipinski definition) is 1. The van der Waals surface area contributed by atoms with E-state index >= 15 is 0 Å². The molecule has 0 radical (unpaired) electrons. The predicted octanol–water partition coefficient (Wildman–Crippen LogP) is 4.31. The molecule has 0 fully saturated rings. The van der Waals surface area contributed by atoms with Crippen molar-refractivity contribution >= 4 is 32.6 Å². The number of benzene rings is 2. The van der Waals surface area contributed by atoms with Gasteiger partial charge in [0.15, 0.2) is 0 Å². The van der Waals surface area contributed by atoms with Crippen LogP contribution in [0, 0.1) is 5.92 Å². The Morgan fingerprint density at radius 1 is 1.19 bits per heavy atom. The van der Waals surface area contributed by atoms with Crippen LogP contribution in [0.3, 0.4) is 0 Å². The lowest BCUT2D eigenvalue weighted by molar-refractivity contribution is -0.120. The number of hydrogen-bond acceptors (Lipinski definition) is 1. The molecular weight excluding hydrogens is 326 g/mol. The van der Waals surface area contributed by atoms with E-state index in [0.29, 0.717) is 12.3 Å². The standard InChI is InChI=1S/C18H22BrNO/c1-14(13-19)6-5-11-20-18(21)12-16-9-4-8-15-7-2-3-10-17(15)16/h2-4,7-10,14H,5-6,11-13H2,1H3,(H,20,21). The summed E-state index contributed by atoms with van der Waals surface area (Å²) >= 11 is 3.48. The van der Waals surface area contributed by atoms with E-state index in [1.807, 2.05) is 24.3 Å². The van der Waals surface area contributed by atoms with E-state index in [-0.39, 0.29) is 5.91 Å². The molecule has 0 bridgehead atoms. The molecule has 3 heteroatoms. The van der Waals surface area contributed by atoms with Crippen LogP contribution in [0.5, 0.6) is 0 Å². The van der Waals surface area contributed by atoms with Gasteiger partial charge in [-0.2, -0.15) is 0 Å². The van der Waals surface area contributed by atoms with E-state index in [9.17, 15) is 4.79 Å². The monoisotopic (exact) mass is 347 g/mol. The highest BCUT2D eigenvalue weighted by Gasteiger charge is 2.06. The zero-order valence-corrected chi connectivity index (χ0v) is 14.0. The Hall–Kier alpha value is -1.35. The van der Waals surface area contributed by atoms with Crippen LogP contribution in [0.2, 0.25) is 0 Å². The number of amides is 1. The second-order valence-corrected chi connectivity index (χ2v) is 6.21. The zero-order valence-electron chi connectivity index (χ0n) is 12.4. The van der Waals surface area contributed by atoms with Crippen molar-refractivity contribution in [3.8, 4) is 0 Å². The first-order valence-electron chi connectivity index (χ1n) is 7.50. The fraction of sp³-hybridized carbons (Fsp3) is 0.389. The normalized spacial score (nSPS) is 12.3. The summed E-state index contributed by atoms with van der Waals surface area (Å²) in [5.74, 6) is 0.776. The quantitative estimate of drug-likeness (QED) is 0.586. The highest BCUT2D eigenvalue weighted by Crippen LogP contribution is 2.18. The van der Waals surface area contributed by atoms with E-state index in [4.69, 9.17) is 0 Å². The SMILES string of the molecule is CC(CBr)CCCNC(=O)Cc1cccc2ccccc12. The molecule has 0 saturated heterocycles. The summed E-state index contributed by atoms with van der Waals surface area (Å²) in [7, 11) is 0. The summed E-state index contributed by atoms with van der Waals surface area (Å²) < 4.78 is 0. The molecule has 0 aliphatic rings. The third kappa shape index (κ3) is 4.85. The van der Waals surface area contributed by atoms with Gasteiger partial charge in [0.2, 0.25) is 5.91 Å². The summed E-state index contributed by atoms with van der Waals surface area (Å²) in [6.45, 7) is 2.98. The van der Waals surface area contributed by atoms with Gasteiger partial charge in [-0.25, -0.2) is 0 Å². The molecule has 0 spiro atoms. The van der Waals surface area contributed by atoms with Crippen LogP contribution in [-0.2, 0) is 11.2 Å². The van der Waals surface area contributed by atoms with E-state index < -0.39 is 0 Å². The Morgan fingerprint density at radius 3 is 2.76 bits per heavy atom. The Kier molecular flexibility index (Phi) is 6.24. The van der Waals surface area contributed by atoms with Gasteiger partial charge >= 0.3 is 0 Å². The highest BCUT2D eigenvalue weighted by atomic mass is 79.9. The number of alkyl halides is 1. The van der Waals surface area contributed by atoms with E-state index in [0.717, 1.165) is 30.3 Å². The molecule has 2 aromatic carbocycles. The molecule has 0 aliphatic heterocycles. The molecular formula is C18H22BrNO. The van der Waals surface area contributed by atoms with Crippen LogP contribution < -0.4 is 5.32 Å². The minimum Gasteiger partial charge on any atom is -0.356 e. The molecule has 0 heterocycles.